The third-order valence-corrected chi connectivity index (χ3v) is 7.19. The van der Waals surface area contributed by atoms with Gasteiger partial charge in [0.1, 0.15) is 5.60 Å². The van der Waals surface area contributed by atoms with Gasteiger partial charge < -0.3 is 15.0 Å². The van der Waals surface area contributed by atoms with Crippen LogP contribution in [0.5, 0.6) is 0 Å². The fourth-order valence-corrected chi connectivity index (χ4v) is 5.69. The molecule has 0 radical (unpaired) electrons. The van der Waals surface area contributed by atoms with Crippen molar-refractivity contribution in [3.8, 4) is 0 Å². The van der Waals surface area contributed by atoms with Crippen LogP contribution in [0.3, 0.4) is 0 Å². The standard InChI is InChI=1S/C19H24N2O4S/c1-20-17(23)15-9-12-11-21(8-5-14(12)26-15)18(24)13-10-16(22)25-19(13)6-3-2-4-7-19/h9,13H,2-8,10-11H2,1H3,(H,20,23)/t13-/m0/s1. The van der Waals surface area contributed by atoms with E-state index >= 15 is 0 Å². The predicted molar refractivity (Wildman–Crippen MR) is 96.8 cm³/mol. The first-order valence-electron chi connectivity index (χ1n) is 9.37. The minimum Gasteiger partial charge on any atom is -0.458 e. The third kappa shape index (κ3) is 2.92. The van der Waals surface area contributed by atoms with Crippen LogP contribution in [0.25, 0.3) is 0 Å². The highest BCUT2D eigenvalue weighted by molar-refractivity contribution is 7.14. The van der Waals surface area contributed by atoms with Gasteiger partial charge in [-0.2, -0.15) is 0 Å². The van der Waals surface area contributed by atoms with Crippen LogP contribution in [0.1, 0.15) is 58.6 Å². The molecule has 7 heteroatoms. The third-order valence-electron chi connectivity index (χ3n) is 5.95. The molecule has 1 atom stereocenters. The molecule has 0 bridgehead atoms. The maximum atomic E-state index is 13.2. The second kappa shape index (κ2) is 6.68. The number of thiophene rings is 1. The number of amides is 2. The zero-order valence-corrected chi connectivity index (χ0v) is 15.8. The smallest absolute Gasteiger partial charge is 0.307 e. The van der Waals surface area contributed by atoms with Crippen molar-refractivity contribution >= 4 is 29.1 Å². The molecule has 1 saturated heterocycles. The summed E-state index contributed by atoms with van der Waals surface area (Å²) in [5.41, 5.74) is 0.477. The Hall–Kier alpha value is -1.89. The fraction of sp³-hybridized carbons (Fsp3) is 0.632. The van der Waals surface area contributed by atoms with E-state index in [2.05, 4.69) is 5.32 Å². The Balaban J connectivity index is 1.53. The van der Waals surface area contributed by atoms with E-state index in [-0.39, 0.29) is 30.1 Å². The van der Waals surface area contributed by atoms with E-state index in [0.29, 0.717) is 18.0 Å². The molecule has 1 aliphatic carbocycles. The summed E-state index contributed by atoms with van der Waals surface area (Å²) in [4.78, 5) is 40.8. The Morgan fingerprint density at radius 2 is 2.08 bits per heavy atom. The van der Waals surface area contributed by atoms with Crippen molar-refractivity contribution < 1.29 is 19.1 Å². The molecule has 2 amide bonds. The van der Waals surface area contributed by atoms with Crippen molar-refractivity contribution in [2.75, 3.05) is 13.6 Å². The van der Waals surface area contributed by atoms with Crippen LogP contribution in [0.4, 0.5) is 0 Å². The molecule has 1 aromatic heterocycles. The van der Waals surface area contributed by atoms with Gasteiger partial charge in [-0.1, -0.05) is 6.42 Å². The topological polar surface area (TPSA) is 75.7 Å². The van der Waals surface area contributed by atoms with Gasteiger partial charge in [0.2, 0.25) is 5.91 Å². The Morgan fingerprint density at radius 1 is 1.31 bits per heavy atom. The van der Waals surface area contributed by atoms with E-state index in [1.54, 1.807) is 7.05 Å². The zero-order chi connectivity index (χ0) is 18.3. The monoisotopic (exact) mass is 376 g/mol. The van der Waals surface area contributed by atoms with E-state index < -0.39 is 5.60 Å². The molecule has 3 aliphatic rings. The normalized spacial score (nSPS) is 24.3. The molecule has 140 valence electrons. The molecule has 1 saturated carbocycles. The summed E-state index contributed by atoms with van der Waals surface area (Å²) < 4.78 is 5.70. The number of nitrogens with one attached hydrogen (secondary N) is 1. The molecule has 26 heavy (non-hydrogen) atoms. The lowest BCUT2D eigenvalue weighted by molar-refractivity contribution is -0.156. The van der Waals surface area contributed by atoms with E-state index in [9.17, 15) is 14.4 Å². The van der Waals surface area contributed by atoms with Gasteiger partial charge in [-0.25, -0.2) is 0 Å². The molecule has 2 fully saturated rings. The van der Waals surface area contributed by atoms with E-state index in [1.165, 1.54) is 16.2 Å². The number of carbonyl (C=O) groups excluding carboxylic acids is 3. The number of carbonyl (C=O) groups is 3. The molecule has 1 N–H and O–H groups in total. The summed E-state index contributed by atoms with van der Waals surface area (Å²) in [6.45, 7) is 1.16. The maximum Gasteiger partial charge on any atom is 0.307 e. The first kappa shape index (κ1) is 17.5. The van der Waals surface area contributed by atoms with E-state index in [0.717, 1.165) is 44.1 Å². The van der Waals surface area contributed by atoms with Gasteiger partial charge in [-0.15, -0.1) is 11.3 Å². The summed E-state index contributed by atoms with van der Waals surface area (Å²) in [7, 11) is 1.62. The van der Waals surface area contributed by atoms with E-state index in [4.69, 9.17) is 4.74 Å². The number of esters is 1. The van der Waals surface area contributed by atoms with Gasteiger partial charge in [0.05, 0.1) is 17.2 Å². The maximum absolute atomic E-state index is 13.2. The van der Waals surface area contributed by atoms with Gasteiger partial charge in [0.15, 0.2) is 0 Å². The number of hydrogen-bond acceptors (Lipinski definition) is 5. The van der Waals surface area contributed by atoms with Crippen LogP contribution < -0.4 is 5.32 Å². The summed E-state index contributed by atoms with van der Waals surface area (Å²) >= 11 is 1.51. The van der Waals surface area contributed by atoms with Crippen molar-refractivity contribution in [2.24, 2.45) is 5.92 Å². The lowest BCUT2D eigenvalue weighted by atomic mass is 9.75. The Morgan fingerprint density at radius 3 is 2.81 bits per heavy atom. The van der Waals surface area contributed by atoms with Crippen LogP contribution >= 0.6 is 11.3 Å². The van der Waals surface area contributed by atoms with Crippen molar-refractivity contribution in [1.29, 1.82) is 0 Å². The number of hydrogen-bond donors (Lipinski definition) is 1. The lowest BCUT2D eigenvalue weighted by Gasteiger charge is -2.38. The van der Waals surface area contributed by atoms with Gasteiger partial charge in [0, 0.05) is 25.0 Å². The molecule has 1 aromatic rings. The number of fused-ring (bicyclic) bond motifs is 1. The molecule has 0 unspecified atom stereocenters. The van der Waals surface area contributed by atoms with Crippen LogP contribution in [0, 0.1) is 5.92 Å². The minimum absolute atomic E-state index is 0.0380. The van der Waals surface area contributed by atoms with Gasteiger partial charge in [-0.3, -0.25) is 14.4 Å². The second-order valence-corrected chi connectivity index (χ2v) is 8.64. The number of ether oxygens (including phenoxy) is 1. The molecule has 1 spiro atoms. The molecular weight excluding hydrogens is 352 g/mol. The number of nitrogens with zero attached hydrogens (tertiary/aromatic N) is 1. The van der Waals surface area contributed by atoms with E-state index in [1.807, 2.05) is 11.0 Å². The summed E-state index contributed by atoms with van der Waals surface area (Å²) in [5.74, 6) is -0.636. The van der Waals surface area contributed by atoms with Gasteiger partial charge in [0.25, 0.3) is 5.91 Å². The van der Waals surface area contributed by atoms with Crippen LogP contribution in [-0.4, -0.2) is 41.9 Å². The molecule has 3 heterocycles. The van der Waals surface area contributed by atoms with Crippen LogP contribution in [0.2, 0.25) is 0 Å². The summed E-state index contributed by atoms with van der Waals surface area (Å²) in [6, 6.07) is 1.89. The largest absolute Gasteiger partial charge is 0.458 e. The molecule has 2 aliphatic heterocycles. The highest BCUT2D eigenvalue weighted by Crippen LogP contribution is 2.45. The van der Waals surface area contributed by atoms with Gasteiger partial charge in [-0.05, 0) is 43.7 Å². The number of rotatable bonds is 2. The Kier molecular flexibility index (Phi) is 4.50. The zero-order valence-electron chi connectivity index (χ0n) is 15.0. The van der Waals surface area contributed by atoms with Gasteiger partial charge >= 0.3 is 5.97 Å². The van der Waals surface area contributed by atoms with Crippen molar-refractivity contribution in [2.45, 2.75) is 57.1 Å². The average Bonchev–Trinajstić information content (AvgIpc) is 3.21. The van der Waals surface area contributed by atoms with Crippen molar-refractivity contribution in [3.05, 3.63) is 21.4 Å². The lowest BCUT2D eigenvalue weighted by Crippen LogP contribution is -2.48. The predicted octanol–water partition coefficient (Wildman–Crippen LogP) is 2.26. The minimum atomic E-state index is -0.575. The second-order valence-electron chi connectivity index (χ2n) is 7.50. The Bertz CT molecular complexity index is 751. The highest BCUT2D eigenvalue weighted by Gasteiger charge is 2.53. The summed E-state index contributed by atoms with van der Waals surface area (Å²) in [6.07, 6.45) is 5.74. The van der Waals surface area contributed by atoms with Crippen LogP contribution in [-0.2, 0) is 27.3 Å². The van der Waals surface area contributed by atoms with Crippen molar-refractivity contribution in [1.82, 2.24) is 10.2 Å². The fourth-order valence-electron chi connectivity index (χ4n) is 4.58. The Labute approximate surface area is 156 Å². The molecule has 4 rings (SSSR count). The summed E-state index contributed by atoms with van der Waals surface area (Å²) in [5, 5.41) is 2.65. The highest BCUT2D eigenvalue weighted by atomic mass is 32.1. The van der Waals surface area contributed by atoms with Crippen molar-refractivity contribution in [3.63, 3.8) is 0 Å². The average molecular weight is 376 g/mol. The molecule has 6 nitrogen and oxygen atoms in total. The SMILES string of the molecule is CNC(=O)c1cc2c(s1)CCN(C(=O)[C@@H]1CC(=O)OC13CCCCC3)C2. The molecule has 0 aromatic carbocycles. The molecular formula is C19H24N2O4S. The first-order chi connectivity index (χ1) is 12.5. The van der Waals surface area contributed by atoms with Crippen LogP contribution in [0.15, 0.2) is 6.07 Å². The first-order valence-corrected chi connectivity index (χ1v) is 10.2. The quantitative estimate of drug-likeness (QED) is 0.804.